The summed E-state index contributed by atoms with van der Waals surface area (Å²) >= 11 is 1.70. The number of hydrogen-bond donors (Lipinski definition) is 1. The van der Waals surface area contributed by atoms with Crippen molar-refractivity contribution in [3.05, 3.63) is 21.4 Å². The topological polar surface area (TPSA) is 43.1 Å². The lowest BCUT2D eigenvalue weighted by atomic mass is 9.87. The predicted molar refractivity (Wildman–Crippen MR) is 54.3 cm³/mol. The van der Waals surface area contributed by atoms with Crippen LogP contribution in [0.15, 0.2) is 5.38 Å². The van der Waals surface area contributed by atoms with Crippen LogP contribution in [0.3, 0.4) is 0 Å². The van der Waals surface area contributed by atoms with Crippen molar-refractivity contribution in [1.29, 1.82) is 0 Å². The van der Waals surface area contributed by atoms with Gasteiger partial charge in [-0.25, -0.2) is 0 Å². The van der Waals surface area contributed by atoms with E-state index in [1.165, 1.54) is 4.88 Å². The summed E-state index contributed by atoms with van der Waals surface area (Å²) < 4.78 is 0. The van der Waals surface area contributed by atoms with Gasteiger partial charge in [0.1, 0.15) is 0 Å². The molecule has 0 saturated carbocycles. The molecule has 0 spiro atoms. The predicted octanol–water partition coefficient (Wildman–Crippen LogP) is 1.76. The van der Waals surface area contributed by atoms with Gasteiger partial charge in [0.25, 0.3) is 0 Å². The maximum Gasteiger partial charge on any atom is 0.164 e. The van der Waals surface area contributed by atoms with Crippen LogP contribution in [0.5, 0.6) is 0 Å². The molecular weight excluding hydrogens is 182 g/mol. The van der Waals surface area contributed by atoms with Gasteiger partial charge in [0.2, 0.25) is 0 Å². The highest BCUT2D eigenvalue weighted by molar-refractivity contribution is 7.10. The number of Topliss-reactive ketones (excluding diaryl/α,β-unsaturated/α-hetero) is 1. The number of nitrogens with two attached hydrogens (primary N) is 1. The number of carbonyl (C=O) groups excluding carboxylic acids is 1. The molecule has 13 heavy (non-hydrogen) atoms. The highest BCUT2D eigenvalue weighted by atomic mass is 32.1. The van der Waals surface area contributed by atoms with E-state index in [1.807, 2.05) is 6.92 Å². The first-order valence-corrected chi connectivity index (χ1v) is 5.40. The molecule has 0 aliphatic heterocycles. The number of fused-ring (bicyclic) bond motifs is 1. The van der Waals surface area contributed by atoms with E-state index in [-0.39, 0.29) is 5.78 Å². The van der Waals surface area contributed by atoms with E-state index in [1.54, 1.807) is 11.3 Å². The van der Waals surface area contributed by atoms with Gasteiger partial charge >= 0.3 is 0 Å². The molecule has 3 heteroatoms. The van der Waals surface area contributed by atoms with Gasteiger partial charge in [-0.15, -0.1) is 11.3 Å². The average molecular weight is 195 g/mol. The van der Waals surface area contributed by atoms with Gasteiger partial charge in [-0.05, 0) is 36.8 Å². The van der Waals surface area contributed by atoms with Crippen LogP contribution < -0.4 is 5.73 Å². The lowest BCUT2D eigenvalue weighted by molar-refractivity contribution is 0.0951. The van der Waals surface area contributed by atoms with Crippen LogP contribution in [0.2, 0.25) is 0 Å². The van der Waals surface area contributed by atoms with Crippen LogP contribution in [0.4, 0.5) is 0 Å². The number of aryl methyl sites for hydroxylation is 1. The summed E-state index contributed by atoms with van der Waals surface area (Å²) in [7, 11) is 0. The number of hydrogen-bond acceptors (Lipinski definition) is 3. The van der Waals surface area contributed by atoms with Gasteiger partial charge in [0, 0.05) is 16.9 Å². The fourth-order valence-corrected chi connectivity index (χ4v) is 3.05. The fraction of sp³-hybridized carbons (Fsp3) is 0.500. The second-order valence-corrected chi connectivity index (χ2v) is 4.61. The molecule has 0 bridgehead atoms. The van der Waals surface area contributed by atoms with Crippen LogP contribution >= 0.6 is 11.3 Å². The molecule has 1 aliphatic rings. The Bertz CT molecular complexity index is 343. The Hall–Kier alpha value is -0.670. The molecule has 1 aromatic rings. The number of rotatable bonds is 1. The van der Waals surface area contributed by atoms with Gasteiger partial charge in [-0.3, -0.25) is 4.79 Å². The van der Waals surface area contributed by atoms with E-state index < -0.39 is 0 Å². The molecule has 1 unspecified atom stereocenters. The molecule has 0 amide bonds. The minimum atomic E-state index is 0.287. The third-order valence-corrected chi connectivity index (χ3v) is 3.74. The van der Waals surface area contributed by atoms with Crippen LogP contribution in [0, 0.1) is 12.8 Å². The third kappa shape index (κ3) is 1.42. The van der Waals surface area contributed by atoms with E-state index in [9.17, 15) is 4.79 Å². The van der Waals surface area contributed by atoms with Gasteiger partial charge in [-0.2, -0.15) is 0 Å². The Morgan fingerprint density at radius 2 is 2.38 bits per heavy atom. The molecular formula is C10H13NOS. The summed E-state index contributed by atoms with van der Waals surface area (Å²) in [4.78, 5) is 12.9. The molecule has 1 heterocycles. The highest BCUT2D eigenvalue weighted by Crippen LogP contribution is 2.31. The Morgan fingerprint density at radius 1 is 1.62 bits per heavy atom. The summed E-state index contributed by atoms with van der Waals surface area (Å²) in [6.45, 7) is 2.64. The molecule has 2 N–H and O–H groups in total. The minimum Gasteiger partial charge on any atom is -0.330 e. The number of carbonyl (C=O) groups is 1. The van der Waals surface area contributed by atoms with Crippen molar-refractivity contribution in [3.63, 3.8) is 0 Å². The Labute approximate surface area is 81.8 Å². The normalized spacial score (nSPS) is 21.7. The molecule has 0 fully saturated rings. The number of thiophene rings is 1. The third-order valence-electron chi connectivity index (χ3n) is 2.61. The van der Waals surface area contributed by atoms with Gasteiger partial charge < -0.3 is 5.73 Å². The first-order valence-electron chi connectivity index (χ1n) is 4.52. The second kappa shape index (κ2) is 3.24. The zero-order chi connectivity index (χ0) is 9.42. The van der Waals surface area contributed by atoms with Crippen LogP contribution in [-0.4, -0.2) is 12.3 Å². The maximum atomic E-state index is 11.7. The molecule has 1 aliphatic carbocycles. The highest BCUT2D eigenvalue weighted by Gasteiger charge is 2.26. The van der Waals surface area contributed by atoms with Gasteiger partial charge in [0.15, 0.2) is 5.78 Å². The van der Waals surface area contributed by atoms with Crippen molar-refractivity contribution in [2.45, 2.75) is 19.8 Å². The van der Waals surface area contributed by atoms with E-state index >= 15 is 0 Å². The molecule has 1 aromatic heterocycles. The van der Waals surface area contributed by atoms with Crippen LogP contribution in [0.25, 0.3) is 0 Å². The van der Waals surface area contributed by atoms with E-state index in [4.69, 9.17) is 5.73 Å². The van der Waals surface area contributed by atoms with E-state index in [0.717, 1.165) is 17.5 Å². The quantitative estimate of drug-likeness (QED) is 0.742. The first kappa shape index (κ1) is 8.91. The van der Waals surface area contributed by atoms with Crippen molar-refractivity contribution < 1.29 is 4.79 Å². The van der Waals surface area contributed by atoms with Crippen molar-refractivity contribution >= 4 is 17.1 Å². The lowest BCUT2D eigenvalue weighted by Crippen LogP contribution is -2.25. The Balaban J connectivity index is 2.39. The molecule has 1 atom stereocenters. The van der Waals surface area contributed by atoms with Crippen LogP contribution in [-0.2, 0) is 6.42 Å². The zero-order valence-electron chi connectivity index (χ0n) is 7.67. The molecule has 0 aromatic carbocycles. The smallest absolute Gasteiger partial charge is 0.164 e. The Morgan fingerprint density at radius 3 is 3.08 bits per heavy atom. The summed E-state index contributed by atoms with van der Waals surface area (Å²) in [5.41, 5.74) is 7.70. The summed E-state index contributed by atoms with van der Waals surface area (Å²) in [5.74, 6) is 0.661. The van der Waals surface area contributed by atoms with E-state index in [0.29, 0.717) is 18.9 Å². The summed E-state index contributed by atoms with van der Waals surface area (Å²) in [5, 5.41) is 2.07. The summed E-state index contributed by atoms with van der Waals surface area (Å²) in [6, 6.07) is 0. The monoisotopic (exact) mass is 195 g/mol. The zero-order valence-corrected chi connectivity index (χ0v) is 8.49. The largest absolute Gasteiger partial charge is 0.330 e. The second-order valence-electron chi connectivity index (χ2n) is 3.65. The van der Waals surface area contributed by atoms with Crippen molar-refractivity contribution in [2.24, 2.45) is 11.7 Å². The molecule has 0 radical (unpaired) electrons. The van der Waals surface area contributed by atoms with Gasteiger partial charge in [0.05, 0.1) is 0 Å². The molecule has 2 nitrogen and oxygen atoms in total. The van der Waals surface area contributed by atoms with Gasteiger partial charge in [-0.1, -0.05) is 0 Å². The van der Waals surface area contributed by atoms with Crippen molar-refractivity contribution in [1.82, 2.24) is 0 Å². The van der Waals surface area contributed by atoms with Crippen molar-refractivity contribution in [2.75, 3.05) is 6.54 Å². The lowest BCUT2D eigenvalue weighted by Gasteiger charge is -2.19. The SMILES string of the molecule is Cc1csc2c1C(=O)CC(CN)C2. The first-order chi connectivity index (χ1) is 6.22. The molecule has 2 rings (SSSR count). The minimum absolute atomic E-state index is 0.287. The Kier molecular flexibility index (Phi) is 2.22. The molecule has 70 valence electrons. The van der Waals surface area contributed by atoms with Crippen LogP contribution in [0.1, 0.15) is 27.2 Å². The number of ketones is 1. The summed E-state index contributed by atoms with van der Waals surface area (Å²) in [6.07, 6.45) is 1.64. The molecule has 0 saturated heterocycles. The maximum absolute atomic E-state index is 11.7. The average Bonchev–Trinajstić information content (AvgIpc) is 2.48. The standard InChI is InChI=1S/C10H13NOS/c1-6-5-13-9-3-7(4-11)2-8(12)10(6)9/h5,7H,2-4,11H2,1H3. The van der Waals surface area contributed by atoms with Crippen molar-refractivity contribution in [3.8, 4) is 0 Å². The van der Waals surface area contributed by atoms with E-state index in [2.05, 4.69) is 5.38 Å². The fourth-order valence-electron chi connectivity index (χ4n) is 1.89.